The normalized spacial score (nSPS) is 11.4. The first-order chi connectivity index (χ1) is 18.2. The van der Waals surface area contributed by atoms with Gasteiger partial charge < -0.3 is 28.8 Å². The van der Waals surface area contributed by atoms with E-state index in [1.54, 1.807) is 0 Å². The number of hydrogen-bond acceptors (Lipinski definition) is 7. The predicted molar refractivity (Wildman–Crippen MR) is 170 cm³/mol. The molecule has 0 unspecified atom stereocenters. The van der Waals surface area contributed by atoms with E-state index in [-0.39, 0.29) is 58.6 Å². The van der Waals surface area contributed by atoms with E-state index in [1.165, 1.54) is 0 Å². The minimum Gasteiger partial charge on any atom is -0.390 e. The van der Waals surface area contributed by atoms with E-state index in [9.17, 15) is 0 Å². The number of rotatable bonds is 20. The second-order valence-electron chi connectivity index (χ2n) is 9.75. The maximum Gasteiger partial charge on any atom is 0.642 e. The summed E-state index contributed by atoms with van der Waals surface area (Å²) in [5.41, 5.74) is 18.8. The second kappa shape index (κ2) is 21.6. The Morgan fingerprint density at radius 1 is 0.333 bits per heavy atom. The van der Waals surface area contributed by atoms with Gasteiger partial charge in [0.2, 0.25) is 0 Å². The molecule has 12 radical (unpaired) electrons. The molecule has 0 rings (SSSR count). The van der Waals surface area contributed by atoms with Crippen molar-refractivity contribution in [3.63, 3.8) is 0 Å². The largest absolute Gasteiger partial charge is 0.642 e. The van der Waals surface area contributed by atoms with Gasteiger partial charge in [0.05, 0.1) is 0 Å². The maximum atomic E-state index is 6.73. The SMILES string of the molecule is CC(C)=C[Si]O[Si](O[Si]C=C(C)C)(O[Si]C=C(C)C)O[Si](O[Si]C=C(C)C)(O[Si]C=C(C)C)O[Si]C=C(C)C. The fraction of sp³-hybridized carbons (Fsp3) is 0.500. The molecular weight excluding hydrogens is 625 g/mol. The van der Waals surface area contributed by atoms with Crippen LogP contribution in [0.15, 0.2) is 67.6 Å². The molecule has 7 nitrogen and oxygen atoms in total. The lowest BCUT2D eigenvalue weighted by atomic mass is 10.4. The van der Waals surface area contributed by atoms with Gasteiger partial charge in [0, 0.05) is 0 Å². The van der Waals surface area contributed by atoms with Gasteiger partial charge in [0.15, 0.2) is 0 Å². The van der Waals surface area contributed by atoms with Crippen LogP contribution in [0.4, 0.5) is 0 Å². The fourth-order valence-corrected chi connectivity index (χ4v) is 15.7. The smallest absolute Gasteiger partial charge is 0.390 e. The molecule has 0 fully saturated rings. The molecular formula is C24H42O7Si8. The van der Waals surface area contributed by atoms with E-state index in [0.717, 1.165) is 33.4 Å². The van der Waals surface area contributed by atoms with Gasteiger partial charge >= 0.3 is 18.1 Å². The van der Waals surface area contributed by atoms with E-state index in [2.05, 4.69) is 0 Å². The molecule has 0 N–H and O–H groups in total. The van der Waals surface area contributed by atoms with Gasteiger partial charge in [-0.1, -0.05) is 67.6 Å². The molecule has 0 saturated carbocycles. The van der Waals surface area contributed by atoms with Crippen molar-refractivity contribution >= 4 is 76.7 Å². The molecule has 0 aromatic rings. The van der Waals surface area contributed by atoms with Crippen LogP contribution in [0.1, 0.15) is 83.1 Å². The number of allylic oxidation sites excluding steroid dienone is 6. The lowest BCUT2D eigenvalue weighted by molar-refractivity contribution is 0.0859. The molecule has 0 aromatic carbocycles. The molecule has 0 saturated heterocycles. The van der Waals surface area contributed by atoms with Crippen LogP contribution < -0.4 is 0 Å². The van der Waals surface area contributed by atoms with Crippen LogP contribution in [0, 0.1) is 0 Å². The summed E-state index contributed by atoms with van der Waals surface area (Å²) in [6.45, 7) is 24.3. The summed E-state index contributed by atoms with van der Waals surface area (Å²) in [6, 6.07) is 0. The van der Waals surface area contributed by atoms with Crippen LogP contribution >= 0.6 is 0 Å². The van der Waals surface area contributed by atoms with Gasteiger partial charge in [-0.05, 0) is 83.1 Å². The van der Waals surface area contributed by atoms with Gasteiger partial charge in [0.25, 0.3) is 58.6 Å². The lowest BCUT2D eigenvalue weighted by Gasteiger charge is -2.36. The summed E-state index contributed by atoms with van der Waals surface area (Å²) in [5, 5.41) is 0. The van der Waals surface area contributed by atoms with Crippen LogP contribution in [0.5, 0.6) is 0 Å². The van der Waals surface area contributed by atoms with Crippen LogP contribution in [0.3, 0.4) is 0 Å². The van der Waals surface area contributed by atoms with Crippen molar-refractivity contribution in [2.45, 2.75) is 83.1 Å². The summed E-state index contributed by atoms with van der Waals surface area (Å²) in [4.78, 5) is 0. The third-order valence-corrected chi connectivity index (χ3v) is 18.4. The third kappa shape index (κ3) is 21.3. The first-order valence-corrected chi connectivity index (χ1v) is 21.5. The highest BCUT2D eigenvalue weighted by Crippen LogP contribution is 2.22. The Balaban J connectivity index is 6.74. The summed E-state index contributed by atoms with van der Waals surface area (Å²) >= 11 is 0. The molecule has 0 bridgehead atoms. The lowest BCUT2D eigenvalue weighted by Crippen LogP contribution is -2.63. The first kappa shape index (κ1) is 38.9. The highest BCUT2D eigenvalue weighted by atomic mass is 28.6. The molecule has 0 aromatic heterocycles. The molecule has 0 heterocycles. The standard InChI is InChI=1S/C24H42O7Si8/c1-19(2)13-32-25-38(26-33-14-20(3)4,27-34-15-21(5)6)31-39(28-35-16-22(7)8,29-36-17-23(9)10)30-37-18-24(11)12/h13-18H,1-12H3. The van der Waals surface area contributed by atoms with Gasteiger partial charge in [-0.25, -0.2) is 0 Å². The zero-order chi connectivity index (χ0) is 29.9. The van der Waals surface area contributed by atoms with Gasteiger partial charge in [-0.2, -0.15) is 0 Å². The van der Waals surface area contributed by atoms with E-state index in [1.807, 2.05) is 117 Å². The van der Waals surface area contributed by atoms with Crippen LogP contribution in [0.25, 0.3) is 0 Å². The molecule has 0 spiro atoms. The molecule has 0 aliphatic heterocycles. The highest BCUT2D eigenvalue weighted by Gasteiger charge is 2.58. The molecule has 0 atom stereocenters. The molecule has 39 heavy (non-hydrogen) atoms. The number of hydrogen-bond donors (Lipinski definition) is 0. The third-order valence-electron chi connectivity index (χ3n) is 3.44. The minimum atomic E-state index is -3.82. The Bertz CT molecular complexity index is 710. The first-order valence-electron chi connectivity index (χ1n) is 12.3. The van der Waals surface area contributed by atoms with Crippen molar-refractivity contribution in [3.05, 3.63) is 67.6 Å². The quantitative estimate of drug-likeness (QED) is 0.165. The van der Waals surface area contributed by atoms with Crippen LogP contribution in [-0.2, 0) is 28.8 Å². The molecule has 0 aliphatic rings. The Labute approximate surface area is 255 Å². The molecule has 15 heteroatoms. The van der Waals surface area contributed by atoms with Crippen LogP contribution in [-0.4, -0.2) is 76.7 Å². The van der Waals surface area contributed by atoms with Crippen molar-refractivity contribution in [2.75, 3.05) is 0 Å². The van der Waals surface area contributed by atoms with E-state index in [0.29, 0.717) is 0 Å². The molecule has 0 aliphatic carbocycles. The van der Waals surface area contributed by atoms with Crippen molar-refractivity contribution < 1.29 is 28.8 Å². The van der Waals surface area contributed by atoms with Crippen molar-refractivity contribution in [1.82, 2.24) is 0 Å². The van der Waals surface area contributed by atoms with E-state index in [4.69, 9.17) is 28.8 Å². The monoisotopic (exact) mass is 666 g/mol. The van der Waals surface area contributed by atoms with Gasteiger partial charge in [-0.3, -0.25) is 0 Å². The zero-order valence-corrected chi connectivity index (χ0v) is 33.3. The average molecular weight is 667 g/mol. The van der Waals surface area contributed by atoms with Crippen molar-refractivity contribution in [3.8, 4) is 0 Å². The van der Waals surface area contributed by atoms with E-state index < -0.39 is 18.1 Å². The molecule has 0 amide bonds. The summed E-state index contributed by atoms with van der Waals surface area (Å²) in [6.07, 6.45) is 0. The average Bonchev–Trinajstić information content (AvgIpc) is 2.77. The Morgan fingerprint density at radius 2 is 0.487 bits per heavy atom. The Kier molecular flexibility index (Phi) is 21.5. The maximum absolute atomic E-state index is 6.73. The Morgan fingerprint density at radius 3 is 0.615 bits per heavy atom. The van der Waals surface area contributed by atoms with Crippen molar-refractivity contribution in [1.29, 1.82) is 0 Å². The summed E-state index contributed by atoms with van der Waals surface area (Å²) in [7, 11) is -7.79. The van der Waals surface area contributed by atoms with Crippen molar-refractivity contribution in [2.24, 2.45) is 0 Å². The Hall–Kier alpha value is -0.105. The topological polar surface area (TPSA) is 64.6 Å². The molecule has 212 valence electrons. The predicted octanol–water partition coefficient (Wildman–Crippen LogP) is 5.23. The zero-order valence-electron chi connectivity index (χ0n) is 25.3. The minimum absolute atomic E-state index is 0.0248. The highest BCUT2D eigenvalue weighted by molar-refractivity contribution is 6.81. The van der Waals surface area contributed by atoms with E-state index >= 15 is 0 Å². The summed E-state index contributed by atoms with van der Waals surface area (Å²) in [5.74, 6) is 0. The summed E-state index contributed by atoms with van der Waals surface area (Å²) < 4.78 is 45.0. The van der Waals surface area contributed by atoms with Gasteiger partial charge in [-0.15, -0.1) is 0 Å². The second-order valence-corrected chi connectivity index (χ2v) is 20.6. The van der Waals surface area contributed by atoms with Crippen LogP contribution in [0.2, 0.25) is 0 Å². The van der Waals surface area contributed by atoms with Gasteiger partial charge in [0.1, 0.15) is 0 Å². The fourth-order valence-electron chi connectivity index (χ4n) is 1.72.